The molecule has 2 aromatic heterocycles. The summed E-state index contributed by atoms with van der Waals surface area (Å²) < 4.78 is 1.67. The third-order valence-corrected chi connectivity index (χ3v) is 3.98. The normalized spacial score (nSPS) is 11.4. The minimum atomic E-state index is -0.892. The molecular formula is C18H20N4O2. The molecule has 0 amide bonds. The minimum Gasteiger partial charge on any atom is -0.481 e. The fraction of sp³-hybridized carbons (Fsp3) is 0.333. The topological polar surface area (TPSA) is 80.4 Å². The highest BCUT2D eigenvalue weighted by atomic mass is 16.4. The van der Waals surface area contributed by atoms with E-state index in [1.165, 1.54) is 0 Å². The van der Waals surface area contributed by atoms with Crippen molar-refractivity contribution in [2.75, 3.05) is 0 Å². The maximum absolute atomic E-state index is 11.3. The zero-order valence-electron chi connectivity index (χ0n) is 14.2. The van der Waals surface area contributed by atoms with Gasteiger partial charge in [0.1, 0.15) is 0 Å². The smallest absolute Gasteiger partial charge is 0.307 e. The lowest BCUT2D eigenvalue weighted by molar-refractivity contribution is -0.136. The average molecular weight is 324 g/mol. The Kier molecular flexibility index (Phi) is 4.05. The third kappa shape index (κ3) is 2.87. The Morgan fingerprint density at radius 3 is 2.42 bits per heavy atom. The van der Waals surface area contributed by atoms with Gasteiger partial charge in [-0.05, 0) is 13.8 Å². The van der Waals surface area contributed by atoms with E-state index in [4.69, 9.17) is 0 Å². The van der Waals surface area contributed by atoms with Crippen LogP contribution >= 0.6 is 0 Å². The average Bonchev–Trinajstić information content (AvgIpc) is 2.92. The van der Waals surface area contributed by atoms with Crippen LogP contribution in [0.15, 0.2) is 24.3 Å². The summed E-state index contributed by atoms with van der Waals surface area (Å²) in [6.07, 6.45) is -0.102. The third-order valence-electron chi connectivity index (χ3n) is 3.98. The fourth-order valence-corrected chi connectivity index (χ4v) is 2.67. The molecule has 0 saturated carbocycles. The number of rotatable bonds is 4. The van der Waals surface area contributed by atoms with Gasteiger partial charge in [-0.15, -0.1) is 5.10 Å². The van der Waals surface area contributed by atoms with Gasteiger partial charge >= 0.3 is 5.97 Å². The van der Waals surface area contributed by atoms with E-state index in [1.807, 2.05) is 52.0 Å². The van der Waals surface area contributed by atoms with Crippen LogP contribution < -0.4 is 0 Å². The van der Waals surface area contributed by atoms with Crippen molar-refractivity contribution in [1.82, 2.24) is 19.6 Å². The lowest BCUT2D eigenvalue weighted by Gasteiger charge is -2.12. The molecule has 0 fully saturated rings. The van der Waals surface area contributed by atoms with Crippen molar-refractivity contribution in [2.24, 2.45) is 0 Å². The van der Waals surface area contributed by atoms with E-state index in [0.717, 1.165) is 16.8 Å². The van der Waals surface area contributed by atoms with Gasteiger partial charge in [0.05, 0.1) is 12.1 Å². The number of nitrogens with zero attached hydrogens (tertiary/aromatic N) is 4. The van der Waals surface area contributed by atoms with Gasteiger partial charge in [0, 0.05) is 22.7 Å². The van der Waals surface area contributed by atoms with Crippen LogP contribution in [0.25, 0.3) is 17.0 Å². The molecule has 1 N–H and O–H groups in total. The quantitative estimate of drug-likeness (QED) is 0.797. The van der Waals surface area contributed by atoms with Gasteiger partial charge < -0.3 is 5.11 Å². The van der Waals surface area contributed by atoms with E-state index in [0.29, 0.717) is 22.9 Å². The number of aromatic nitrogens is 4. The summed E-state index contributed by atoms with van der Waals surface area (Å²) in [5, 5.41) is 13.9. The van der Waals surface area contributed by atoms with E-state index in [2.05, 4.69) is 15.1 Å². The van der Waals surface area contributed by atoms with Crippen molar-refractivity contribution in [1.29, 1.82) is 0 Å². The Morgan fingerprint density at radius 1 is 1.17 bits per heavy atom. The van der Waals surface area contributed by atoms with Crippen LogP contribution in [0.1, 0.15) is 42.4 Å². The van der Waals surface area contributed by atoms with Crippen molar-refractivity contribution >= 4 is 11.7 Å². The highest BCUT2D eigenvalue weighted by Gasteiger charge is 2.20. The first-order chi connectivity index (χ1) is 11.4. The second kappa shape index (κ2) is 6.03. The first-order valence-electron chi connectivity index (χ1n) is 7.91. The van der Waals surface area contributed by atoms with Crippen LogP contribution in [0.5, 0.6) is 0 Å². The summed E-state index contributed by atoms with van der Waals surface area (Å²) in [4.78, 5) is 20.3. The number of aliphatic carboxylic acids is 1. The molecule has 0 spiro atoms. The van der Waals surface area contributed by atoms with Crippen molar-refractivity contribution < 1.29 is 9.90 Å². The molecule has 0 unspecified atom stereocenters. The predicted molar refractivity (Wildman–Crippen MR) is 91.1 cm³/mol. The Balaban J connectivity index is 2.35. The van der Waals surface area contributed by atoms with Crippen LogP contribution in [0.4, 0.5) is 0 Å². The molecule has 24 heavy (non-hydrogen) atoms. The zero-order valence-corrected chi connectivity index (χ0v) is 14.2. The van der Waals surface area contributed by atoms with Crippen LogP contribution in [0.3, 0.4) is 0 Å². The van der Waals surface area contributed by atoms with E-state index in [-0.39, 0.29) is 12.3 Å². The Morgan fingerprint density at radius 2 is 1.83 bits per heavy atom. The Hall–Kier alpha value is -2.76. The van der Waals surface area contributed by atoms with Crippen molar-refractivity contribution in [3.63, 3.8) is 0 Å². The van der Waals surface area contributed by atoms with Crippen LogP contribution in [-0.2, 0) is 11.2 Å². The largest absolute Gasteiger partial charge is 0.481 e. The summed E-state index contributed by atoms with van der Waals surface area (Å²) in [7, 11) is 0. The molecule has 0 aliphatic carbocycles. The van der Waals surface area contributed by atoms with Crippen molar-refractivity contribution in [3.8, 4) is 11.3 Å². The molecule has 0 atom stereocenters. The number of hydrogen-bond acceptors (Lipinski definition) is 4. The lowest BCUT2D eigenvalue weighted by Crippen LogP contribution is -2.10. The molecule has 6 nitrogen and oxygen atoms in total. The Labute approximate surface area is 140 Å². The van der Waals surface area contributed by atoms with Crippen LogP contribution in [0.2, 0.25) is 0 Å². The number of fused-ring (bicyclic) bond motifs is 1. The summed E-state index contributed by atoms with van der Waals surface area (Å²) >= 11 is 0. The molecule has 0 aliphatic rings. The summed E-state index contributed by atoms with van der Waals surface area (Å²) in [5.41, 5.74) is 4.14. The highest BCUT2D eigenvalue weighted by Crippen LogP contribution is 2.27. The van der Waals surface area contributed by atoms with Crippen LogP contribution in [-0.4, -0.2) is 30.7 Å². The first kappa shape index (κ1) is 16.1. The van der Waals surface area contributed by atoms with Crippen molar-refractivity contribution in [2.45, 2.75) is 40.0 Å². The van der Waals surface area contributed by atoms with Gasteiger partial charge in [-0.3, -0.25) is 4.79 Å². The minimum absolute atomic E-state index is 0.102. The van der Waals surface area contributed by atoms with Crippen LogP contribution in [0, 0.1) is 13.8 Å². The number of hydrogen-bond donors (Lipinski definition) is 1. The molecule has 1 aromatic carbocycles. The molecular weight excluding hydrogens is 304 g/mol. The van der Waals surface area contributed by atoms with Gasteiger partial charge in [0.25, 0.3) is 5.78 Å². The summed E-state index contributed by atoms with van der Waals surface area (Å²) in [6, 6.07) is 7.96. The predicted octanol–water partition coefficient (Wildman–Crippen LogP) is 3.16. The van der Waals surface area contributed by atoms with Gasteiger partial charge in [-0.25, -0.2) is 4.98 Å². The van der Waals surface area contributed by atoms with E-state index in [1.54, 1.807) is 4.52 Å². The summed E-state index contributed by atoms with van der Waals surface area (Å²) in [6.45, 7) is 7.87. The van der Waals surface area contributed by atoms with Gasteiger partial charge in [-0.1, -0.05) is 43.7 Å². The van der Waals surface area contributed by atoms with E-state index in [9.17, 15) is 9.90 Å². The molecule has 3 aromatic rings. The fourth-order valence-electron chi connectivity index (χ4n) is 2.67. The molecule has 0 radical (unpaired) electrons. The number of carbonyl (C=O) groups is 1. The van der Waals surface area contributed by atoms with E-state index < -0.39 is 5.97 Å². The second-order valence-corrected chi connectivity index (χ2v) is 6.30. The zero-order chi connectivity index (χ0) is 17.4. The SMILES string of the molecule is Cc1ccc(-c2c(CC(=O)O)c(C)nc3nc(C(C)C)nn23)cc1. The highest BCUT2D eigenvalue weighted by molar-refractivity contribution is 5.76. The molecule has 0 bridgehead atoms. The maximum atomic E-state index is 11.3. The molecule has 3 rings (SSSR count). The number of benzene rings is 1. The molecule has 0 saturated heterocycles. The second-order valence-electron chi connectivity index (χ2n) is 6.30. The maximum Gasteiger partial charge on any atom is 0.307 e. The number of carboxylic acids is 1. The lowest BCUT2D eigenvalue weighted by atomic mass is 10.0. The van der Waals surface area contributed by atoms with Gasteiger partial charge in [-0.2, -0.15) is 9.50 Å². The standard InChI is InChI=1S/C18H20N4O2/c1-10(2)17-20-18-19-12(4)14(9-15(23)24)16(22(18)21-17)13-7-5-11(3)6-8-13/h5-8,10H,9H2,1-4H3,(H,23,24). The Bertz CT molecular complexity index is 911. The monoisotopic (exact) mass is 324 g/mol. The van der Waals surface area contributed by atoms with Crippen molar-refractivity contribution in [3.05, 3.63) is 46.9 Å². The van der Waals surface area contributed by atoms with Gasteiger partial charge in [0.2, 0.25) is 0 Å². The molecule has 2 heterocycles. The molecule has 0 aliphatic heterocycles. The first-order valence-corrected chi connectivity index (χ1v) is 7.91. The number of aryl methyl sites for hydroxylation is 2. The van der Waals surface area contributed by atoms with E-state index >= 15 is 0 Å². The van der Waals surface area contributed by atoms with Gasteiger partial charge in [0.15, 0.2) is 5.82 Å². The number of carboxylic acid groups (broad SMARTS) is 1. The summed E-state index contributed by atoms with van der Waals surface area (Å²) in [5.74, 6) is 0.473. The molecule has 6 heteroatoms. The molecule has 124 valence electrons.